The minimum Gasteiger partial charge on any atom is -0.487 e. The van der Waals surface area contributed by atoms with Crippen molar-refractivity contribution in [1.29, 1.82) is 0 Å². The molecular weight excluding hydrogens is 472 g/mol. The summed E-state index contributed by atoms with van der Waals surface area (Å²) in [5, 5.41) is 10.7. The molecule has 0 radical (unpaired) electrons. The first kappa shape index (κ1) is 24.0. The first-order chi connectivity index (χ1) is 16.7. The van der Waals surface area contributed by atoms with Crippen LogP contribution < -0.4 is 10.2 Å². The number of amidine groups is 1. The summed E-state index contributed by atoms with van der Waals surface area (Å²) in [6, 6.07) is 15.3. The number of rotatable bonds is 8. The smallest absolute Gasteiger partial charge is 0.333 e. The van der Waals surface area contributed by atoms with Crippen molar-refractivity contribution in [2.24, 2.45) is 4.40 Å². The van der Waals surface area contributed by atoms with Gasteiger partial charge in [0, 0.05) is 24.7 Å². The summed E-state index contributed by atoms with van der Waals surface area (Å²) in [6.45, 7) is 4.18. The van der Waals surface area contributed by atoms with Gasteiger partial charge in [0.25, 0.3) is 10.0 Å². The second-order valence-electron chi connectivity index (χ2n) is 7.70. The predicted octanol–water partition coefficient (Wildman–Crippen LogP) is 3.51. The predicted molar refractivity (Wildman–Crippen MR) is 128 cm³/mol. The zero-order valence-electron chi connectivity index (χ0n) is 19.1. The maximum atomic E-state index is 12.8. The van der Waals surface area contributed by atoms with E-state index in [1.165, 1.54) is 35.5 Å². The molecule has 1 aliphatic heterocycles. The Kier molecular flexibility index (Phi) is 6.87. The molecule has 0 bridgehead atoms. The lowest BCUT2D eigenvalue weighted by Gasteiger charge is -2.27. The standard InChI is InChI=1S/C24H24N4O6S/c1-3-28-14-18(24(29)30)13-22(26-28)27-35(31,32)20-11-9-19(10-12-20)33-15-21-16(2)34-23(25-21)17-7-5-4-6-8-17/h4-12,14H,3,13,15H2,1-2H3,(H,26,27)(H,29,30). The molecule has 0 spiro atoms. The summed E-state index contributed by atoms with van der Waals surface area (Å²) in [7, 11) is -4.06. The fourth-order valence-corrected chi connectivity index (χ4v) is 4.31. The van der Waals surface area contributed by atoms with Gasteiger partial charge in [0.2, 0.25) is 5.89 Å². The normalized spacial score (nSPS) is 15.0. The van der Waals surface area contributed by atoms with Gasteiger partial charge in [0.15, 0.2) is 0 Å². The van der Waals surface area contributed by atoms with Crippen LogP contribution in [0.1, 0.15) is 24.8 Å². The number of carboxylic acids is 1. The number of nitrogens with zero attached hydrogens (tertiary/aromatic N) is 3. The quantitative estimate of drug-likeness (QED) is 0.480. The molecule has 35 heavy (non-hydrogen) atoms. The summed E-state index contributed by atoms with van der Waals surface area (Å²) >= 11 is 0. The van der Waals surface area contributed by atoms with Crippen molar-refractivity contribution in [3.05, 3.63) is 77.8 Å². The summed E-state index contributed by atoms with van der Waals surface area (Å²) < 4.78 is 40.8. The Morgan fingerprint density at radius 2 is 1.91 bits per heavy atom. The van der Waals surface area contributed by atoms with Crippen molar-refractivity contribution in [3.63, 3.8) is 0 Å². The van der Waals surface area contributed by atoms with Gasteiger partial charge in [0.05, 0.1) is 10.5 Å². The lowest BCUT2D eigenvalue weighted by atomic mass is 10.2. The highest BCUT2D eigenvalue weighted by Crippen LogP contribution is 2.24. The van der Waals surface area contributed by atoms with E-state index in [4.69, 9.17) is 9.15 Å². The van der Waals surface area contributed by atoms with Crippen molar-refractivity contribution in [2.45, 2.75) is 31.8 Å². The lowest BCUT2D eigenvalue weighted by molar-refractivity contribution is -0.132. The highest BCUT2D eigenvalue weighted by molar-refractivity contribution is 7.90. The Hall–Kier alpha value is -4.12. The lowest BCUT2D eigenvalue weighted by Crippen LogP contribution is -2.43. The highest BCUT2D eigenvalue weighted by Gasteiger charge is 2.22. The number of carboxylic acid groups (broad SMARTS) is 1. The topological polar surface area (TPSA) is 134 Å². The molecule has 2 heterocycles. The zero-order valence-corrected chi connectivity index (χ0v) is 19.9. The molecule has 0 amide bonds. The van der Waals surface area contributed by atoms with Gasteiger partial charge < -0.3 is 14.3 Å². The van der Waals surface area contributed by atoms with Crippen LogP contribution in [0.15, 0.2) is 80.1 Å². The van der Waals surface area contributed by atoms with Crippen molar-refractivity contribution in [3.8, 4) is 17.2 Å². The van der Waals surface area contributed by atoms with Crippen molar-refractivity contribution in [2.75, 3.05) is 6.54 Å². The van der Waals surface area contributed by atoms with Crippen LogP contribution >= 0.6 is 0 Å². The number of hydrogen-bond donors (Lipinski definition) is 2. The summed E-state index contributed by atoms with van der Waals surface area (Å²) in [5.74, 6) is 0.484. The van der Waals surface area contributed by atoms with Crippen LogP contribution in [-0.4, -0.2) is 41.9 Å². The molecule has 0 atom stereocenters. The SMILES string of the molecule is CCN1C=C(C(=O)O)C/C(=N/S(=O)(=O)c2ccc(OCc3nc(-c4ccccc4)oc3C)cc2)N1. The number of hydrazine groups is 1. The number of aryl methyl sites for hydroxylation is 1. The van der Waals surface area contributed by atoms with E-state index >= 15 is 0 Å². The van der Waals surface area contributed by atoms with Crippen LogP contribution in [0, 0.1) is 6.92 Å². The number of nitrogens with one attached hydrogen (secondary N) is 1. The third-order valence-electron chi connectivity index (χ3n) is 5.20. The van der Waals surface area contributed by atoms with Crippen molar-refractivity contribution >= 4 is 21.8 Å². The van der Waals surface area contributed by atoms with E-state index in [-0.39, 0.29) is 29.3 Å². The van der Waals surface area contributed by atoms with E-state index in [1.807, 2.05) is 30.3 Å². The second kappa shape index (κ2) is 10.0. The molecular formula is C24H24N4O6S. The van der Waals surface area contributed by atoms with Crippen LogP contribution in [0.25, 0.3) is 11.5 Å². The summed E-state index contributed by atoms with van der Waals surface area (Å²) in [5.41, 5.74) is 4.35. The molecule has 0 saturated carbocycles. The third-order valence-corrected chi connectivity index (χ3v) is 6.53. The molecule has 0 unspecified atom stereocenters. The van der Waals surface area contributed by atoms with Crippen LogP contribution in [0.2, 0.25) is 0 Å². The van der Waals surface area contributed by atoms with Crippen molar-refractivity contribution < 1.29 is 27.5 Å². The number of oxazole rings is 1. The number of sulfonamides is 1. The Bertz CT molecular complexity index is 1380. The Morgan fingerprint density at radius 1 is 1.20 bits per heavy atom. The van der Waals surface area contributed by atoms with Gasteiger partial charge >= 0.3 is 5.97 Å². The minimum absolute atomic E-state index is 0.0304. The highest BCUT2D eigenvalue weighted by atomic mass is 32.2. The van der Waals surface area contributed by atoms with E-state index in [9.17, 15) is 18.3 Å². The van der Waals surface area contributed by atoms with Crippen LogP contribution in [-0.2, 0) is 21.4 Å². The van der Waals surface area contributed by atoms with Gasteiger partial charge in [-0.15, -0.1) is 4.40 Å². The number of aromatic nitrogens is 1. The summed E-state index contributed by atoms with van der Waals surface area (Å²) in [4.78, 5) is 15.8. The molecule has 1 aliphatic rings. The second-order valence-corrected chi connectivity index (χ2v) is 9.30. The summed E-state index contributed by atoms with van der Waals surface area (Å²) in [6.07, 6.45) is 1.29. The van der Waals surface area contributed by atoms with E-state index in [2.05, 4.69) is 14.8 Å². The Morgan fingerprint density at radius 3 is 2.57 bits per heavy atom. The number of ether oxygens (including phenoxy) is 1. The van der Waals surface area contributed by atoms with Gasteiger partial charge in [-0.2, -0.15) is 8.42 Å². The molecule has 11 heteroatoms. The van der Waals surface area contributed by atoms with E-state index in [1.54, 1.807) is 13.8 Å². The van der Waals surface area contributed by atoms with Gasteiger partial charge in [0.1, 0.15) is 29.6 Å². The molecule has 182 valence electrons. The average Bonchev–Trinajstić information content (AvgIpc) is 3.23. The van der Waals surface area contributed by atoms with E-state index < -0.39 is 16.0 Å². The molecule has 0 aliphatic carbocycles. The monoisotopic (exact) mass is 496 g/mol. The largest absolute Gasteiger partial charge is 0.487 e. The molecule has 2 aromatic carbocycles. The van der Waals surface area contributed by atoms with Crippen LogP contribution in [0.3, 0.4) is 0 Å². The van der Waals surface area contributed by atoms with Crippen molar-refractivity contribution in [1.82, 2.24) is 15.4 Å². The van der Waals surface area contributed by atoms with E-state index in [0.717, 1.165) is 5.56 Å². The Balaban J connectivity index is 1.44. The fourth-order valence-electron chi connectivity index (χ4n) is 3.33. The third kappa shape index (κ3) is 5.69. The maximum absolute atomic E-state index is 12.8. The molecule has 10 nitrogen and oxygen atoms in total. The number of benzene rings is 2. The number of carbonyl (C=O) groups is 1. The molecule has 0 fully saturated rings. The fraction of sp³-hybridized carbons (Fsp3) is 0.208. The zero-order chi connectivity index (χ0) is 25.0. The maximum Gasteiger partial charge on any atom is 0.333 e. The van der Waals surface area contributed by atoms with Gasteiger partial charge in [-0.3, -0.25) is 10.4 Å². The molecule has 4 rings (SSSR count). The molecule has 0 saturated heterocycles. The van der Waals surface area contributed by atoms with E-state index in [0.29, 0.717) is 29.6 Å². The average molecular weight is 497 g/mol. The minimum atomic E-state index is -4.06. The number of aliphatic carboxylic acids is 1. The van der Waals surface area contributed by atoms with Gasteiger partial charge in [-0.25, -0.2) is 9.78 Å². The van der Waals surface area contributed by atoms with Gasteiger partial charge in [-0.05, 0) is 50.2 Å². The Labute approximate surface area is 202 Å². The first-order valence-corrected chi connectivity index (χ1v) is 12.2. The van der Waals surface area contributed by atoms with Crippen LogP contribution in [0.4, 0.5) is 0 Å². The number of hydrogen-bond acceptors (Lipinski definition) is 7. The van der Waals surface area contributed by atoms with Gasteiger partial charge in [-0.1, -0.05) is 18.2 Å². The molecule has 1 aromatic heterocycles. The van der Waals surface area contributed by atoms with Crippen LogP contribution in [0.5, 0.6) is 5.75 Å². The molecule has 3 aromatic rings. The first-order valence-electron chi connectivity index (χ1n) is 10.8. The molecule has 2 N–H and O–H groups in total.